The smallest absolute Gasteiger partial charge is 0.302 e. The summed E-state index contributed by atoms with van der Waals surface area (Å²) in [6.07, 6.45) is -4.62. The van der Waals surface area contributed by atoms with Gasteiger partial charge in [-0.15, -0.1) is 21.5 Å². The van der Waals surface area contributed by atoms with E-state index >= 15 is 0 Å². The predicted molar refractivity (Wildman–Crippen MR) is 108 cm³/mol. The topological polar surface area (TPSA) is 72.7 Å². The average Bonchev–Trinajstić information content (AvgIpc) is 3.24. The molecular formula is C16H12Cl2F3N5OS2. The van der Waals surface area contributed by atoms with Crippen molar-refractivity contribution < 1.29 is 18.0 Å². The minimum atomic E-state index is -4.62. The number of anilines is 1. The van der Waals surface area contributed by atoms with Gasteiger partial charge in [-0.3, -0.25) is 4.79 Å². The Morgan fingerprint density at radius 3 is 2.62 bits per heavy atom. The largest absolute Gasteiger partial charge is 0.451 e. The summed E-state index contributed by atoms with van der Waals surface area (Å²) in [5.41, 5.74) is 1.34. The van der Waals surface area contributed by atoms with E-state index in [1.807, 2.05) is 0 Å². The maximum atomic E-state index is 12.8. The number of alkyl halides is 3. The summed E-state index contributed by atoms with van der Waals surface area (Å²) in [4.78, 5) is 16.7. The minimum Gasteiger partial charge on any atom is -0.302 e. The zero-order valence-electron chi connectivity index (χ0n) is 14.8. The lowest BCUT2D eigenvalue weighted by Crippen LogP contribution is -2.23. The number of benzene rings is 1. The van der Waals surface area contributed by atoms with Crippen molar-refractivity contribution >= 4 is 57.3 Å². The van der Waals surface area contributed by atoms with Crippen LogP contribution in [-0.4, -0.2) is 30.9 Å². The van der Waals surface area contributed by atoms with Gasteiger partial charge in [0.05, 0.1) is 21.0 Å². The molecule has 1 atom stereocenters. The molecule has 3 aromatic rings. The average molecular weight is 482 g/mol. The van der Waals surface area contributed by atoms with Gasteiger partial charge >= 0.3 is 6.18 Å². The highest BCUT2D eigenvalue weighted by molar-refractivity contribution is 8.00. The van der Waals surface area contributed by atoms with Gasteiger partial charge in [0, 0.05) is 18.0 Å². The van der Waals surface area contributed by atoms with Gasteiger partial charge in [-0.2, -0.15) is 13.2 Å². The molecule has 6 nitrogen and oxygen atoms in total. The Morgan fingerprint density at radius 2 is 2.00 bits per heavy atom. The van der Waals surface area contributed by atoms with Crippen molar-refractivity contribution in [2.45, 2.75) is 23.5 Å². The number of nitrogens with one attached hydrogen (secondary N) is 1. The first-order valence-electron chi connectivity index (χ1n) is 7.91. The molecule has 13 heteroatoms. The number of amides is 1. The summed E-state index contributed by atoms with van der Waals surface area (Å²) in [5, 5.41) is 11.4. The van der Waals surface area contributed by atoms with E-state index in [9.17, 15) is 18.0 Å². The SMILES string of the molecule is C[C@H](Sc1nnc(C(F)(F)F)n1C)C(=O)Nc1nc(-c2ccc(Cl)c(Cl)c2)cs1. The van der Waals surface area contributed by atoms with Crippen LogP contribution in [0.3, 0.4) is 0 Å². The number of nitrogens with zero attached hydrogens (tertiary/aromatic N) is 4. The van der Waals surface area contributed by atoms with Crippen LogP contribution in [0.25, 0.3) is 11.3 Å². The molecular weight excluding hydrogens is 470 g/mol. The monoisotopic (exact) mass is 481 g/mol. The number of carbonyl (C=O) groups excluding carboxylic acids is 1. The summed E-state index contributed by atoms with van der Waals surface area (Å²) >= 11 is 14.0. The number of rotatable bonds is 5. The molecule has 154 valence electrons. The van der Waals surface area contributed by atoms with Crippen LogP contribution in [0.5, 0.6) is 0 Å². The highest BCUT2D eigenvalue weighted by Crippen LogP contribution is 2.32. The van der Waals surface area contributed by atoms with Gasteiger partial charge in [-0.05, 0) is 19.1 Å². The van der Waals surface area contributed by atoms with Crippen molar-refractivity contribution in [1.82, 2.24) is 19.7 Å². The lowest BCUT2D eigenvalue weighted by atomic mass is 10.2. The van der Waals surface area contributed by atoms with Crippen LogP contribution >= 0.6 is 46.3 Å². The highest BCUT2D eigenvalue weighted by atomic mass is 35.5. The van der Waals surface area contributed by atoms with E-state index in [0.717, 1.165) is 21.9 Å². The number of carbonyl (C=O) groups is 1. The van der Waals surface area contributed by atoms with Gasteiger partial charge in [-0.1, -0.05) is 41.0 Å². The zero-order chi connectivity index (χ0) is 21.3. The second kappa shape index (κ2) is 8.50. The van der Waals surface area contributed by atoms with Crippen LogP contribution in [0.4, 0.5) is 18.3 Å². The van der Waals surface area contributed by atoms with E-state index in [1.54, 1.807) is 30.5 Å². The zero-order valence-corrected chi connectivity index (χ0v) is 17.9. The van der Waals surface area contributed by atoms with E-state index in [0.29, 0.717) is 20.9 Å². The molecule has 1 amide bonds. The Labute approximate surface area is 181 Å². The van der Waals surface area contributed by atoms with Gasteiger partial charge in [0.2, 0.25) is 11.7 Å². The van der Waals surface area contributed by atoms with Crippen molar-refractivity contribution in [3.8, 4) is 11.3 Å². The first-order chi connectivity index (χ1) is 13.6. The van der Waals surface area contributed by atoms with Crippen molar-refractivity contribution in [3.63, 3.8) is 0 Å². The lowest BCUT2D eigenvalue weighted by molar-refractivity contribution is -0.147. The third-order valence-corrected chi connectivity index (χ3v) is 6.32. The Balaban J connectivity index is 1.67. The molecule has 0 bridgehead atoms. The van der Waals surface area contributed by atoms with E-state index in [4.69, 9.17) is 23.2 Å². The van der Waals surface area contributed by atoms with Crippen LogP contribution in [0.15, 0.2) is 28.7 Å². The molecule has 1 N–H and O–H groups in total. The van der Waals surface area contributed by atoms with E-state index in [2.05, 4.69) is 20.5 Å². The fourth-order valence-corrected chi connectivity index (χ4v) is 4.04. The van der Waals surface area contributed by atoms with Gasteiger partial charge in [-0.25, -0.2) is 4.98 Å². The fourth-order valence-electron chi connectivity index (χ4n) is 2.20. The summed E-state index contributed by atoms with van der Waals surface area (Å²) in [6.45, 7) is 1.55. The van der Waals surface area contributed by atoms with Crippen LogP contribution in [0.2, 0.25) is 10.0 Å². The van der Waals surface area contributed by atoms with Crippen molar-refractivity contribution in [3.05, 3.63) is 39.4 Å². The van der Waals surface area contributed by atoms with Gasteiger partial charge in [0.1, 0.15) is 0 Å². The summed E-state index contributed by atoms with van der Waals surface area (Å²) < 4.78 is 39.2. The Bertz CT molecular complexity index is 1050. The molecule has 0 radical (unpaired) electrons. The van der Waals surface area contributed by atoms with E-state index in [1.165, 1.54) is 18.4 Å². The van der Waals surface area contributed by atoms with Gasteiger partial charge in [0.25, 0.3) is 0 Å². The maximum Gasteiger partial charge on any atom is 0.451 e. The second-order valence-electron chi connectivity index (χ2n) is 5.78. The molecule has 0 saturated carbocycles. The van der Waals surface area contributed by atoms with Crippen LogP contribution in [0, 0.1) is 0 Å². The molecule has 0 unspecified atom stereocenters. The van der Waals surface area contributed by atoms with Crippen molar-refractivity contribution in [1.29, 1.82) is 0 Å². The number of halogens is 5. The molecule has 0 spiro atoms. The molecule has 0 aliphatic heterocycles. The molecule has 3 rings (SSSR count). The predicted octanol–water partition coefficient (Wildman–Crippen LogP) is 5.38. The third-order valence-electron chi connectivity index (χ3n) is 3.69. The van der Waals surface area contributed by atoms with Crippen LogP contribution < -0.4 is 5.32 Å². The van der Waals surface area contributed by atoms with Gasteiger partial charge < -0.3 is 9.88 Å². The van der Waals surface area contributed by atoms with Crippen molar-refractivity contribution in [2.24, 2.45) is 7.05 Å². The highest BCUT2D eigenvalue weighted by Gasteiger charge is 2.38. The maximum absolute atomic E-state index is 12.8. The number of thiazole rings is 1. The second-order valence-corrected chi connectivity index (χ2v) is 8.76. The molecule has 2 heterocycles. The normalized spacial score (nSPS) is 12.8. The number of hydrogen-bond acceptors (Lipinski definition) is 6. The lowest BCUT2D eigenvalue weighted by Gasteiger charge is -2.10. The number of hydrogen-bond donors (Lipinski definition) is 1. The van der Waals surface area contributed by atoms with Crippen LogP contribution in [-0.2, 0) is 18.0 Å². The summed E-state index contributed by atoms with van der Waals surface area (Å²) in [5.74, 6) is -1.56. The Morgan fingerprint density at radius 1 is 1.28 bits per heavy atom. The molecule has 0 aliphatic carbocycles. The van der Waals surface area contributed by atoms with Crippen LogP contribution in [0.1, 0.15) is 12.7 Å². The summed E-state index contributed by atoms with van der Waals surface area (Å²) in [7, 11) is 1.19. The number of thioether (sulfide) groups is 1. The standard InChI is InChI=1S/C16H12Cl2F3N5OS2/c1-7(29-15-25-24-13(26(15)2)16(19,20)21)12(27)23-14-22-11(6-28-14)8-3-4-9(17)10(18)5-8/h3-7H,1-2H3,(H,22,23,27)/t7-/m0/s1. The molecule has 29 heavy (non-hydrogen) atoms. The summed E-state index contributed by atoms with van der Waals surface area (Å²) in [6, 6.07) is 5.06. The Kier molecular flexibility index (Phi) is 6.42. The Hall–Kier alpha value is -1.82. The first-order valence-corrected chi connectivity index (χ1v) is 10.4. The first kappa shape index (κ1) is 21.9. The molecule has 0 aliphatic rings. The third kappa shape index (κ3) is 5.03. The van der Waals surface area contributed by atoms with Gasteiger partial charge in [0.15, 0.2) is 10.3 Å². The molecule has 2 aromatic heterocycles. The number of aromatic nitrogens is 4. The molecule has 0 fully saturated rings. The van der Waals surface area contributed by atoms with E-state index in [-0.39, 0.29) is 5.16 Å². The van der Waals surface area contributed by atoms with Crippen molar-refractivity contribution in [2.75, 3.05) is 5.32 Å². The fraction of sp³-hybridized carbons (Fsp3) is 0.250. The molecule has 1 aromatic carbocycles. The van der Waals surface area contributed by atoms with E-state index < -0.39 is 23.2 Å². The quantitative estimate of drug-likeness (QED) is 0.495. The minimum absolute atomic E-state index is 0.0180. The molecule has 0 saturated heterocycles.